The van der Waals surface area contributed by atoms with Gasteiger partial charge in [-0.15, -0.1) is 0 Å². The fourth-order valence-corrected chi connectivity index (χ4v) is 4.31. The zero-order chi connectivity index (χ0) is 16.3. The van der Waals surface area contributed by atoms with Crippen LogP contribution in [0.3, 0.4) is 0 Å². The molecule has 1 heterocycles. The lowest BCUT2D eigenvalue weighted by atomic mass is 9.87. The van der Waals surface area contributed by atoms with Crippen LogP contribution in [0.5, 0.6) is 0 Å². The molecular weight excluding hydrogens is 292 g/mol. The highest BCUT2D eigenvalue weighted by Crippen LogP contribution is 2.24. The Balaban J connectivity index is 2.77. The Morgan fingerprint density at radius 3 is 2.52 bits per heavy atom. The summed E-state index contributed by atoms with van der Waals surface area (Å²) in [5, 5.41) is 8.98. The van der Waals surface area contributed by atoms with Gasteiger partial charge in [0.05, 0.1) is 6.42 Å². The summed E-state index contributed by atoms with van der Waals surface area (Å²) in [5.41, 5.74) is -0.141. The zero-order valence-electron chi connectivity index (χ0n) is 13.4. The zero-order valence-corrected chi connectivity index (χ0v) is 14.2. The Hall–Kier alpha value is -0.660. The fraction of sp³-hybridized carbons (Fsp3) is 0.929. The van der Waals surface area contributed by atoms with Crippen LogP contribution in [0.25, 0.3) is 0 Å². The molecule has 1 aliphatic heterocycles. The molecule has 21 heavy (non-hydrogen) atoms. The maximum absolute atomic E-state index is 12.4. The smallest absolute Gasteiger partial charge is 0.304 e. The van der Waals surface area contributed by atoms with E-state index in [4.69, 9.17) is 5.11 Å². The van der Waals surface area contributed by atoms with Gasteiger partial charge in [-0.3, -0.25) is 4.79 Å². The number of aliphatic carboxylic acids is 1. The van der Waals surface area contributed by atoms with Gasteiger partial charge in [0, 0.05) is 19.1 Å². The van der Waals surface area contributed by atoms with Gasteiger partial charge in [-0.1, -0.05) is 27.7 Å². The molecule has 0 radical (unpaired) electrons. The minimum Gasteiger partial charge on any atom is -0.481 e. The monoisotopic (exact) mass is 320 g/mol. The van der Waals surface area contributed by atoms with Gasteiger partial charge in [0.1, 0.15) is 0 Å². The molecule has 0 saturated carbocycles. The predicted octanol–water partition coefficient (Wildman–Crippen LogP) is 1.83. The van der Waals surface area contributed by atoms with E-state index in [0.717, 1.165) is 12.8 Å². The topological polar surface area (TPSA) is 86.7 Å². The van der Waals surface area contributed by atoms with Crippen molar-refractivity contribution in [2.45, 2.75) is 59.4 Å². The van der Waals surface area contributed by atoms with Crippen molar-refractivity contribution in [3.05, 3.63) is 0 Å². The van der Waals surface area contributed by atoms with Crippen LogP contribution in [-0.4, -0.2) is 42.9 Å². The summed E-state index contributed by atoms with van der Waals surface area (Å²) < 4.78 is 28.9. The molecule has 0 spiro atoms. The van der Waals surface area contributed by atoms with Crippen LogP contribution in [0.2, 0.25) is 0 Å². The molecule has 1 fully saturated rings. The van der Waals surface area contributed by atoms with E-state index in [0.29, 0.717) is 25.4 Å². The summed E-state index contributed by atoms with van der Waals surface area (Å²) in [4.78, 5) is 11.0. The molecule has 2 N–H and O–H groups in total. The van der Waals surface area contributed by atoms with E-state index >= 15 is 0 Å². The molecule has 0 amide bonds. The molecule has 0 aliphatic carbocycles. The second kappa shape index (κ2) is 7.07. The molecule has 1 saturated heterocycles. The maximum Gasteiger partial charge on any atom is 0.304 e. The minimum absolute atomic E-state index is 0.141. The summed E-state index contributed by atoms with van der Waals surface area (Å²) in [6.45, 7) is 8.96. The first-order chi connectivity index (χ1) is 9.49. The van der Waals surface area contributed by atoms with Crippen molar-refractivity contribution in [1.82, 2.24) is 9.03 Å². The molecule has 6 nitrogen and oxygen atoms in total. The summed E-state index contributed by atoms with van der Waals surface area (Å²) in [7, 11) is -3.61. The third kappa shape index (κ3) is 6.76. The van der Waals surface area contributed by atoms with Crippen molar-refractivity contribution < 1.29 is 18.3 Å². The molecule has 1 aliphatic rings. The average Bonchev–Trinajstić information content (AvgIpc) is 2.24. The number of rotatable bonds is 6. The van der Waals surface area contributed by atoms with Crippen molar-refractivity contribution in [2.24, 2.45) is 11.3 Å². The summed E-state index contributed by atoms with van der Waals surface area (Å²) >= 11 is 0. The molecule has 7 heteroatoms. The molecule has 2 unspecified atom stereocenters. The molecule has 2 atom stereocenters. The van der Waals surface area contributed by atoms with Crippen LogP contribution in [0.15, 0.2) is 0 Å². The number of carbonyl (C=O) groups is 1. The molecule has 1 rings (SSSR count). The first-order valence-corrected chi connectivity index (χ1v) is 8.93. The van der Waals surface area contributed by atoms with Crippen LogP contribution in [-0.2, 0) is 15.0 Å². The summed E-state index contributed by atoms with van der Waals surface area (Å²) in [6, 6.07) is -0.579. The molecule has 0 aromatic carbocycles. The van der Waals surface area contributed by atoms with E-state index in [-0.39, 0.29) is 11.8 Å². The van der Waals surface area contributed by atoms with Gasteiger partial charge < -0.3 is 5.11 Å². The van der Waals surface area contributed by atoms with Gasteiger partial charge in [0.25, 0.3) is 10.2 Å². The second-order valence-corrected chi connectivity index (χ2v) is 8.99. The lowest BCUT2D eigenvalue weighted by Crippen LogP contribution is -2.49. The van der Waals surface area contributed by atoms with E-state index in [1.54, 1.807) is 0 Å². The Bertz CT molecular complexity index is 456. The third-order valence-electron chi connectivity index (χ3n) is 3.56. The molecular formula is C14H28N2O4S. The number of hydrogen-bond donors (Lipinski definition) is 2. The number of nitrogens with one attached hydrogen (secondary N) is 1. The summed E-state index contributed by atoms with van der Waals surface area (Å²) in [5.74, 6) is -0.644. The first-order valence-electron chi connectivity index (χ1n) is 7.49. The van der Waals surface area contributed by atoms with Crippen LogP contribution in [0.4, 0.5) is 0 Å². The first kappa shape index (κ1) is 18.4. The highest BCUT2D eigenvalue weighted by atomic mass is 32.2. The quantitative estimate of drug-likeness (QED) is 0.781. The third-order valence-corrected chi connectivity index (χ3v) is 5.20. The maximum atomic E-state index is 12.4. The van der Waals surface area contributed by atoms with Crippen molar-refractivity contribution in [3.8, 4) is 0 Å². The molecule has 124 valence electrons. The van der Waals surface area contributed by atoms with Gasteiger partial charge in [0.15, 0.2) is 0 Å². The number of piperidine rings is 1. The predicted molar refractivity (Wildman–Crippen MR) is 82.1 cm³/mol. The Morgan fingerprint density at radius 2 is 2.05 bits per heavy atom. The number of carboxylic acids is 1. The van der Waals surface area contributed by atoms with Crippen molar-refractivity contribution in [1.29, 1.82) is 0 Å². The number of carboxylic acid groups (broad SMARTS) is 1. The average molecular weight is 320 g/mol. The van der Waals surface area contributed by atoms with Crippen molar-refractivity contribution in [3.63, 3.8) is 0 Å². The van der Waals surface area contributed by atoms with Crippen molar-refractivity contribution in [2.75, 3.05) is 13.1 Å². The minimum atomic E-state index is -3.61. The van der Waals surface area contributed by atoms with E-state index in [1.807, 2.05) is 27.7 Å². The molecule has 0 aromatic rings. The van der Waals surface area contributed by atoms with Gasteiger partial charge in [-0.2, -0.15) is 17.4 Å². The van der Waals surface area contributed by atoms with E-state index in [2.05, 4.69) is 4.72 Å². The van der Waals surface area contributed by atoms with Gasteiger partial charge in [-0.05, 0) is 30.6 Å². The van der Waals surface area contributed by atoms with Gasteiger partial charge in [-0.25, -0.2) is 0 Å². The molecule has 0 bridgehead atoms. The van der Waals surface area contributed by atoms with E-state index < -0.39 is 22.2 Å². The normalized spacial score (nSPS) is 23.0. The van der Waals surface area contributed by atoms with Crippen LogP contribution in [0, 0.1) is 11.3 Å². The van der Waals surface area contributed by atoms with E-state index in [1.165, 1.54) is 4.31 Å². The van der Waals surface area contributed by atoms with Crippen LogP contribution >= 0.6 is 0 Å². The fourth-order valence-electron chi connectivity index (χ4n) is 2.76. The highest BCUT2D eigenvalue weighted by Gasteiger charge is 2.31. The van der Waals surface area contributed by atoms with Gasteiger partial charge in [0.2, 0.25) is 0 Å². The van der Waals surface area contributed by atoms with Crippen LogP contribution in [0.1, 0.15) is 53.4 Å². The standard InChI is InChI=1S/C14H28N2O4S/c1-11-6-5-7-16(10-11)21(19,20)15-12(8-13(17)18)9-14(2,3)4/h11-12,15H,5-10H2,1-4H3,(H,17,18). The van der Waals surface area contributed by atoms with E-state index in [9.17, 15) is 13.2 Å². The SMILES string of the molecule is CC1CCCN(S(=O)(=O)NC(CC(=O)O)CC(C)(C)C)C1. The lowest BCUT2D eigenvalue weighted by molar-refractivity contribution is -0.137. The van der Waals surface area contributed by atoms with Gasteiger partial charge >= 0.3 is 5.97 Å². The highest BCUT2D eigenvalue weighted by molar-refractivity contribution is 7.87. The summed E-state index contributed by atoms with van der Waals surface area (Å²) in [6.07, 6.45) is 2.18. The van der Waals surface area contributed by atoms with Crippen LogP contribution < -0.4 is 4.72 Å². The van der Waals surface area contributed by atoms with Crippen molar-refractivity contribution >= 4 is 16.2 Å². The lowest BCUT2D eigenvalue weighted by Gasteiger charge is -2.32. The Labute approximate surface area is 128 Å². The Morgan fingerprint density at radius 1 is 1.43 bits per heavy atom. The number of hydrogen-bond acceptors (Lipinski definition) is 3. The molecule has 0 aromatic heterocycles. The Kier molecular flexibility index (Phi) is 6.19. The largest absolute Gasteiger partial charge is 0.481 e. The number of nitrogens with zero attached hydrogens (tertiary/aromatic N) is 1. The second-order valence-electron chi connectivity index (χ2n) is 7.29.